The van der Waals surface area contributed by atoms with E-state index >= 15 is 0 Å². The van der Waals surface area contributed by atoms with Crippen molar-refractivity contribution in [3.63, 3.8) is 0 Å². The standard InChI is InChI=1S/C11H21NS2/c1-13-11-5-3-2-4-10(11)12-9-6-7-14-8-9/h9-12H,2-8H2,1H3/t9?,10-,11-/m0/s1. The Morgan fingerprint density at radius 1 is 1.21 bits per heavy atom. The maximum Gasteiger partial charge on any atom is 0.0198 e. The molecule has 1 aliphatic heterocycles. The van der Waals surface area contributed by atoms with Crippen LogP contribution in [0.15, 0.2) is 0 Å². The van der Waals surface area contributed by atoms with Crippen molar-refractivity contribution in [2.75, 3.05) is 17.8 Å². The predicted octanol–water partition coefficient (Wildman–Crippen LogP) is 2.76. The van der Waals surface area contributed by atoms with Crippen molar-refractivity contribution < 1.29 is 0 Å². The first kappa shape index (κ1) is 11.2. The second kappa shape index (κ2) is 5.66. The summed E-state index contributed by atoms with van der Waals surface area (Å²) in [5.74, 6) is 2.71. The molecule has 0 bridgehead atoms. The summed E-state index contributed by atoms with van der Waals surface area (Å²) in [7, 11) is 0. The van der Waals surface area contributed by atoms with E-state index in [1.54, 1.807) is 0 Å². The topological polar surface area (TPSA) is 12.0 Å². The van der Waals surface area contributed by atoms with Gasteiger partial charge >= 0.3 is 0 Å². The van der Waals surface area contributed by atoms with E-state index in [1.807, 2.05) is 0 Å². The summed E-state index contributed by atoms with van der Waals surface area (Å²) in [6.07, 6.45) is 9.39. The molecule has 0 spiro atoms. The molecule has 1 N–H and O–H groups in total. The van der Waals surface area contributed by atoms with Crippen molar-refractivity contribution in [1.82, 2.24) is 5.32 Å². The minimum Gasteiger partial charge on any atom is -0.309 e. The van der Waals surface area contributed by atoms with Gasteiger partial charge in [-0.1, -0.05) is 12.8 Å². The van der Waals surface area contributed by atoms with Gasteiger partial charge in [0.2, 0.25) is 0 Å². The van der Waals surface area contributed by atoms with Gasteiger partial charge in [0.25, 0.3) is 0 Å². The Bertz CT molecular complexity index is 169. The molecule has 0 aromatic rings. The normalized spacial score (nSPS) is 38.8. The Morgan fingerprint density at radius 2 is 2.07 bits per heavy atom. The van der Waals surface area contributed by atoms with Gasteiger partial charge in [0, 0.05) is 23.1 Å². The van der Waals surface area contributed by atoms with E-state index in [0.717, 1.165) is 17.3 Å². The molecule has 82 valence electrons. The number of thioether (sulfide) groups is 2. The molecule has 3 heteroatoms. The second-order valence-electron chi connectivity index (χ2n) is 4.39. The zero-order chi connectivity index (χ0) is 9.80. The molecule has 14 heavy (non-hydrogen) atoms. The average molecular weight is 231 g/mol. The lowest BCUT2D eigenvalue weighted by molar-refractivity contribution is 0.355. The maximum absolute atomic E-state index is 3.88. The van der Waals surface area contributed by atoms with Crippen LogP contribution >= 0.6 is 23.5 Å². The first-order chi connectivity index (χ1) is 6.90. The fourth-order valence-electron chi connectivity index (χ4n) is 2.54. The zero-order valence-electron chi connectivity index (χ0n) is 9.00. The van der Waals surface area contributed by atoms with Crippen LogP contribution in [0.2, 0.25) is 0 Å². The summed E-state index contributed by atoms with van der Waals surface area (Å²) in [5.41, 5.74) is 0. The van der Waals surface area contributed by atoms with Gasteiger partial charge < -0.3 is 5.32 Å². The van der Waals surface area contributed by atoms with Crippen LogP contribution in [-0.4, -0.2) is 35.1 Å². The summed E-state index contributed by atoms with van der Waals surface area (Å²) in [6, 6.07) is 1.63. The van der Waals surface area contributed by atoms with Gasteiger partial charge in [0.05, 0.1) is 0 Å². The van der Waals surface area contributed by atoms with Crippen LogP contribution in [0.5, 0.6) is 0 Å². The Labute approximate surface area is 96.2 Å². The van der Waals surface area contributed by atoms with E-state index in [4.69, 9.17) is 0 Å². The Kier molecular flexibility index (Phi) is 4.51. The van der Waals surface area contributed by atoms with Crippen molar-refractivity contribution in [3.05, 3.63) is 0 Å². The number of hydrogen-bond acceptors (Lipinski definition) is 3. The van der Waals surface area contributed by atoms with Gasteiger partial charge in [-0.2, -0.15) is 23.5 Å². The van der Waals surface area contributed by atoms with Gasteiger partial charge in [-0.05, 0) is 31.3 Å². The van der Waals surface area contributed by atoms with E-state index in [0.29, 0.717) is 0 Å². The minimum absolute atomic E-state index is 0.808. The van der Waals surface area contributed by atoms with Crippen molar-refractivity contribution in [2.24, 2.45) is 0 Å². The average Bonchev–Trinajstić information content (AvgIpc) is 2.71. The van der Waals surface area contributed by atoms with Crippen LogP contribution in [-0.2, 0) is 0 Å². The summed E-state index contributed by atoms with van der Waals surface area (Å²) in [5, 5.41) is 4.76. The molecule has 1 nitrogen and oxygen atoms in total. The minimum atomic E-state index is 0.808. The summed E-state index contributed by atoms with van der Waals surface area (Å²) in [4.78, 5) is 0. The molecular weight excluding hydrogens is 210 g/mol. The second-order valence-corrected chi connectivity index (χ2v) is 6.62. The molecule has 2 fully saturated rings. The van der Waals surface area contributed by atoms with Gasteiger partial charge in [-0.15, -0.1) is 0 Å². The van der Waals surface area contributed by atoms with Crippen molar-refractivity contribution in [1.29, 1.82) is 0 Å². The van der Waals surface area contributed by atoms with Gasteiger partial charge in [-0.3, -0.25) is 0 Å². The molecule has 3 atom stereocenters. The van der Waals surface area contributed by atoms with Crippen LogP contribution in [0.1, 0.15) is 32.1 Å². The molecule has 1 unspecified atom stereocenters. The summed E-state index contributed by atoms with van der Waals surface area (Å²) < 4.78 is 0. The fourth-order valence-corrected chi connectivity index (χ4v) is 4.65. The molecule has 0 aromatic carbocycles. The molecule has 1 aliphatic carbocycles. The van der Waals surface area contributed by atoms with E-state index in [2.05, 4.69) is 35.1 Å². The van der Waals surface area contributed by atoms with E-state index < -0.39 is 0 Å². The van der Waals surface area contributed by atoms with Crippen LogP contribution in [0.25, 0.3) is 0 Å². The van der Waals surface area contributed by atoms with Crippen LogP contribution in [0, 0.1) is 0 Å². The highest BCUT2D eigenvalue weighted by molar-refractivity contribution is 7.99. The van der Waals surface area contributed by atoms with Crippen LogP contribution in [0.4, 0.5) is 0 Å². The Morgan fingerprint density at radius 3 is 2.79 bits per heavy atom. The number of rotatable bonds is 3. The third-order valence-electron chi connectivity index (χ3n) is 3.38. The smallest absolute Gasteiger partial charge is 0.0198 e. The molecule has 1 saturated heterocycles. The third-order valence-corrected chi connectivity index (χ3v) is 5.72. The van der Waals surface area contributed by atoms with Crippen molar-refractivity contribution in [2.45, 2.75) is 49.4 Å². The Balaban J connectivity index is 1.81. The maximum atomic E-state index is 3.88. The van der Waals surface area contributed by atoms with Crippen molar-refractivity contribution in [3.8, 4) is 0 Å². The SMILES string of the molecule is CS[C@H]1CCCC[C@@H]1NC1CCSC1. The quantitative estimate of drug-likeness (QED) is 0.802. The molecule has 0 aromatic heterocycles. The van der Waals surface area contributed by atoms with E-state index in [1.165, 1.54) is 43.6 Å². The zero-order valence-corrected chi connectivity index (χ0v) is 10.6. The fraction of sp³-hybridized carbons (Fsp3) is 1.00. The first-order valence-corrected chi connectivity index (χ1v) is 8.21. The lowest BCUT2D eigenvalue weighted by Crippen LogP contribution is -2.45. The molecular formula is C11H21NS2. The largest absolute Gasteiger partial charge is 0.309 e. The summed E-state index contributed by atoms with van der Waals surface area (Å²) >= 11 is 4.18. The monoisotopic (exact) mass is 231 g/mol. The van der Waals surface area contributed by atoms with Gasteiger partial charge in [-0.25, -0.2) is 0 Å². The molecule has 1 saturated carbocycles. The lowest BCUT2D eigenvalue weighted by atomic mass is 9.94. The highest BCUT2D eigenvalue weighted by atomic mass is 32.2. The van der Waals surface area contributed by atoms with Crippen molar-refractivity contribution >= 4 is 23.5 Å². The molecule has 2 rings (SSSR count). The molecule has 0 radical (unpaired) electrons. The lowest BCUT2D eigenvalue weighted by Gasteiger charge is -2.33. The molecule has 0 amide bonds. The molecule has 2 aliphatic rings. The third kappa shape index (κ3) is 2.83. The van der Waals surface area contributed by atoms with Gasteiger partial charge in [0.1, 0.15) is 0 Å². The first-order valence-electron chi connectivity index (χ1n) is 5.76. The van der Waals surface area contributed by atoms with Crippen LogP contribution < -0.4 is 5.32 Å². The highest BCUT2D eigenvalue weighted by Crippen LogP contribution is 2.28. The highest BCUT2D eigenvalue weighted by Gasteiger charge is 2.27. The number of hydrogen-bond donors (Lipinski definition) is 1. The van der Waals surface area contributed by atoms with Crippen LogP contribution in [0.3, 0.4) is 0 Å². The van der Waals surface area contributed by atoms with E-state index in [9.17, 15) is 0 Å². The Hall–Kier alpha value is 0.660. The van der Waals surface area contributed by atoms with Gasteiger partial charge in [0.15, 0.2) is 0 Å². The van der Waals surface area contributed by atoms with E-state index in [-0.39, 0.29) is 0 Å². The summed E-state index contributed by atoms with van der Waals surface area (Å²) in [6.45, 7) is 0. The number of nitrogens with one attached hydrogen (secondary N) is 1. The molecule has 1 heterocycles. The predicted molar refractivity (Wildman–Crippen MR) is 68.4 cm³/mol.